The van der Waals surface area contributed by atoms with E-state index in [1.807, 2.05) is 18.2 Å². The number of rotatable bonds is 4. The first-order valence-corrected chi connectivity index (χ1v) is 9.33. The Labute approximate surface area is 158 Å². The molecule has 1 fully saturated rings. The molecule has 1 heterocycles. The van der Waals surface area contributed by atoms with Crippen LogP contribution < -0.4 is 5.32 Å². The number of likely N-dealkylation sites (N-methyl/N-ethyl adjacent to an activating group) is 1. The molecule has 1 aliphatic heterocycles. The third-order valence-corrected chi connectivity index (χ3v) is 5.67. The van der Waals surface area contributed by atoms with Gasteiger partial charge >= 0.3 is 0 Å². The zero-order chi connectivity index (χ0) is 17.8. The maximum absolute atomic E-state index is 12.9. The van der Waals surface area contributed by atoms with Gasteiger partial charge in [0.25, 0.3) is 5.91 Å². The number of carbonyl (C=O) groups excluding carboxylic acids is 1. The molecular formula is C20H22Cl2N2O. The quantitative estimate of drug-likeness (QED) is 0.818. The number of halogens is 2. The average molecular weight is 377 g/mol. The fourth-order valence-corrected chi connectivity index (χ4v) is 3.87. The molecule has 0 bridgehead atoms. The highest BCUT2D eigenvalue weighted by atomic mass is 35.5. The smallest absolute Gasteiger partial charge is 0.253 e. The van der Waals surface area contributed by atoms with Gasteiger partial charge in [-0.3, -0.25) is 4.79 Å². The van der Waals surface area contributed by atoms with Gasteiger partial charge in [-0.15, -0.1) is 0 Å². The molecule has 2 atom stereocenters. The second-order valence-corrected chi connectivity index (χ2v) is 7.29. The van der Waals surface area contributed by atoms with Crippen LogP contribution in [0.1, 0.15) is 41.2 Å². The van der Waals surface area contributed by atoms with Crippen LogP contribution in [0.2, 0.25) is 10.0 Å². The summed E-state index contributed by atoms with van der Waals surface area (Å²) in [5, 5.41) is 3.88. The number of amides is 1. The monoisotopic (exact) mass is 376 g/mol. The summed E-state index contributed by atoms with van der Waals surface area (Å²) in [7, 11) is 2.12. The van der Waals surface area contributed by atoms with Gasteiger partial charge < -0.3 is 10.2 Å². The van der Waals surface area contributed by atoms with Crippen molar-refractivity contribution in [3.05, 3.63) is 69.7 Å². The SMILES string of the molecule is CN1CCCC[C@H]1C(NC(=O)c1cccc(Cl)c1Cl)c1ccccc1. The lowest BCUT2D eigenvalue weighted by atomic mass is 9.91. The zero-order valence-corrected chi connectivity index (χ0v) is 15.7. The van der Waals surface area contributed by atoms with Gasteiger partial charge in [-0.2, -0.15) is 0 Å². The molecule has 25 heavy (non-hydrogen) atoms. The van der Waals surface area contributed by atoms with Crippen LogP contribution in [-0.4, -0.2) is 30.4 Å². The second kappa shape index (κ2) is 8.22. The Balaban J connectivity index is 1.89. The molecule has 0 radical (unpaired) electrons. The Morgan fingerprint density at radius 2 is 1.88 bits per heavy atom. The van der Waals surface area contributed by atoms with Gasteiger partial charge in [0.2, 0.25) is 0 Å². The Morgan fingerprint density at radius 1 is 1.12 bits per heavy atom. The van der Waals surface area contributed by atoms with E-state index in [0.717, 1.165) is 18.5 Å². The Bertz CT molecular complexity index is 736. The van der Waals surface area contributed by atoms with E-state index >= 15 is 0 Å². The van der Waals surface area contributed by atoms with Crippen LogP contribution in [0.4, 0.5) is 0 Å². The number of piperidine rings is 1. The Kier molecular flexibility index (Phi) is 6.00. The number of likely N-dealkylation sites (tertiary alicyclic amines) is 1. The summed E-state index contributed by atoms with van der Waals surface area (Å²) in [6, 6.07) is 15.4. The van der Waals surface area contributed by atoms with Crippen molar-refractivity contribution in [2.24, 2.45) is 0 Å². The van der Waals surface area contributed by atoms with Gasteiger partial charge in [-0.25, -0.2) is 0 Å². The molecular weight excluding hydrogens is 355 g/mol. The molecule has 2 aromatic rings. The van der Waals surface area contributed by atoms with Crippen molar-refractivity contribution in [3.63, 3.8) is 0 Å². The maximum Gasteiger partial charge on any atom is 0.253 e. The normalized spacial score (nSPS) is 19.4. The summed E-state index contributed by atoms with van der Waals surface area (Å²) in [6.07, 6.45) is 3.42. The van der Waals surface area contributed by atoms with Gasteiger partial charge in [0.15, 0.2) is 0 Å². The molecule has 0 spiro atoms. The van der Waals surface area contributed by atoms with Crippen LogP contribution in [0, 0.1) is 0 Å². The first kappa shape index (κ1) is 18.2. The number of benzene rings is 2. The lowest BCUT2D eigenvalue weighted by molar-refractivity contribution is 0.0871. The van der Waals surface area contributed by atoms with Gasteiger partial charge in [0.1, 0.15) is 0 Å². The topological polar surface area (TPSA) is 32.3 Å². The molecule has 0 saturated carbocycles. The fraction of sp³-hybridized carbons (Fsp3) is 0.350. The van der Waals surface area contributed by atoms with Crippen molar-refractivity contribution >= 4 is 29.1 Å². The highest BCUT2D eigenvalue weighted by Crippen LogP contribution is 2.30. The molecule has 1 amide bonds. The minimum absolute atomic E-state index is 0.0888. The number of hydrogen-bond acceptors (Lipinski definition) is 2. The molecule has 1 N–H and O–H groups in total. The molecule has 0 aliphatic carbocycles. The summed E-state index contributed by atoms with van der Waals surface area (Å²) in [6.45, 7) is 1.04. The van der Waals surface area contributed by atoms with Crippen molar-refractivity contribution in [1.82, 2.24) is 10.2 Å². The van der Waals surface area contributed by atoms with Gasteiger partial charge in [-0.05, 0) is 44.1 Å². The van der Waals surface area contributed by atoms with E-state index in [-0.39, 0.29) is 18.0 Å². The van der Waals surface area contributed by atoms with Crippen LogP contribution in [-0.2, 0) is 0 Å². The molecule has 0 aromatic heterocycles. The minimum Gasteiger partial charge on any atom is -0.344 e. The van der Waals surface area contributed by atoms with Gasteiger partial charge in [0.05, 0.1) is 21.7 Å². The van der Waals surface area contributed by atoms with Crippen molar-refractivity contribution < 1.29 is 4.79 Å². The lowest BCUT2D eigenvalue weighted by Gasteiger charge is -2.38. The fourth-order valence-electron chi connectivity index (χ4n) is 3.48. The molecule has 1 unspecified atom stereocenters. The van der Waals surface area contributed by atoms with E-state index in [4.69, 9.17) is 23.2 Å². The van der Waals surface area contributed by atoms with Gasteiger partial charge in [0, 0.05) is 6.04 Å². The first-order valence-electron chi connectivity index (χ1n) is 8.58. The molecule has 1 aliphatic rings. The van der Waals surface area contributed by atoms with Crippen LogP contribution in [0.5, 0.6) is 0 Å². The predicted octanol–water partition coefficient (Wildman–Crippen LogP) is 4.95. The summed E-state index contributed by atoms with van der Waals surface area (Å²) < 4.78 is 0. The van der Waals surface area contributed by atoms with Crippen LogP contribution in [0.3, 0.4) is 0 Å². The Morgan fingerprint density at radius 3 is 2.60 bits per heavy atom. The summed E-state index contributed by atoms with van der Waals surface area (Å²) in [5.74, 6) is -0.194. The molecule has 5 heteroatoms. The third kappa shape index (κ3) is 4.17. The van der Waals surface area contributed by atoms with Crippen molar-refractivity contribution in [2.45, 2.75) is 31.3 Å². The average Bonchev–Trinajstić information content (AvgIpc) is 2.63. The van der Waals surface area contributed by atoms with E-state index < -0.39 is 0 Å². The standard InChI is InChI=1S/C20H22Cl2N2O/c1-24-13-6-5-12-17(24)19(14-8-3-2-4-9-14)23-20(25)15-10-7-11-16(21)18(15)22/h2-4,7-11,17,19H,5-6,12-13H2,1H3,(H,23,25)/t17-,19?/m0/s1. The van der Waals surface area contributed by atoms with Crippen molar-refractivity contribution in [3.8, 4) is 0 Å². The van der Waals surface area contributed by atoms with Gasteiger partial charge in [-0.1, -0.05) is 66.0 Å². The summed E-state index contributed by atoms with van der Waals surface area (Å²) >= 11 is 12.3. The first-order chi connectivity index (χ1) is 12.1. The zero-order valence-electron chi connectivity index (χ0n) is 14.2. The highest BCUT2D eigenvalue weighted by Gasteiger charge is 2.30. The van der Waals surface area contributed by atoms with E-state index in [1.54, 1.807) is 18.2 Å². The van der Waals surface area contributed by atoms with Crippen LogP contribution in [0.25, 0.3) is 0 Å². The summed E-state index contributed by atoms with van der Waals surface area (Å²) in [5.41, 5.74) is 1.52. The van der Waals surface area contributed by atoms with Crippen LogP contribution >= 0.6 is 23.2 Å². The highest BCUT2D eigenvalue weighted by molar-refractivity contribution is 6.43. The predicted molar refractivity (Wildman–Crippen MR) is 103 cm³/mol. The number of nitrogens with one attached hydrogen (secondary N) is 1. The molecule has 3 rings (SSSR count). The van der Waals surface area contributed by atoms with Crippen molar-refractivity contribution in [1.29, 1.82) is 0 Å². The molecule has 1 saturated heterocycles. The van der Waals surface area contributed by atoms with E-state index in [9.17, 15) is 4.79 Å². The maximum atomic E-state index is 12.9. The van der Waals surface area contributed by atoms with Crippen molar-refractivity contribution in [2.75, 3.05) is 13.6 Å². The summed E-state index contributed by atoms with van der Waals surface area (Å²) in [4.78, 5) is 15.2. The number of hydrogen-bond donors (Lipinski definition) is 1. The molecule has 3 nitrogen and oxygen atoms in total. The van der Waals surface area contributed by atoms with Crippen LogP contribution in [0.15, 0.2) is 48.5 Å². The van der Waals surface area contributed by atoms with E-state index in [1.165, 1.54) is 12.8 Å². The second-order valence-electron chi connectivity index (χ2n) is 6.51. The number of carbonyl (C=O) groups is 1. The van der Waals surface area contributed by atoms with E-state index in [2.05, 4.69) is 29.4 Å². The molecule has 2 aromatic carbocycles. The number of nitrogens with zero attached hydrogens (tertiary/aromatic N) is 1. The van der Waals surface area contributed by atoms with E-state index in [0.29, 0.717) is 15.6 Å². The minimum atomic E-state index is -0.194. The largest absolute Gasteiger partial charge is 0.344 e. The Hall–Kier alpha value is -1.55. The third-order valence-electron chi connectivity index (χ3n) is 4.85. The lowest BCUT2D eigenvalue weighted by Crippen LogP contribution is -2.47. The molecule has 132 valence electrons.